The SMILES string of the molecule is Cc1nn(C)c2nc(-c3ccccn3)nc(N[C@H](C)Cc3cccnc3)c12. The molecule has 7 nitrogen and oxygen atoms in total. The van der Waals surface area contributed by atoms with E-state index in [-0.39, 0.29) is 6.04 Å². The Morgan fingerprint density at radius 2 is 2.00 bits per heavy atom. The van der Waals surface area contributed by atoms with Gasteiger partial charge in [-0.25, -0.2) is 9.97 Å². The van der Waals surface area contributed by atoms with Crippen molar-refractivity contribution in [2.75, 3.05) is 5.32 Å². The van der Waals surface area contributed by atoms with Crippen LogP contribution in [0.2, 0.25) is 0 Å². The highest BCUT2D eigenvalue weighted by atomic mass is 15.3. The predicted octanol–water partition coefficient (Wildman–Crippen LogP) is 3.17. The van der Waals surface area contributed by atoms with Crippen LogP contribution in [0.5, 0.6) is 0 Å². The van der Waals surface area contributed by atoms with Gasteiger partial charge >= 0.3 is 0 Å². The van der Waals surface area contributed by atoms with Gasteiger partial charge in [0, 0.05) is 31.7 Å². The lowest BCUT2D eigenvalue weighted by Gasteiger charge is -2.16. The molecule has 0 spiro atoms. The smallest absolute Gasteiger partial charge is 0.182 e. The zero-order valence-electron chi connectivity index (χ0n) is 15.6. The molecule has 1 atom stereocenters. The fourth-order valence-electron chi connectivity index (χ4n) is 3.21. The van der Waals surface area contributed by atoms with Crippen LogP contribution in [0.25, 0.3) is 22.6 Å². The van der Waals surface area contributed by atoms with Gasteiger partial charge in [0.1, 0.15) is 11.5 Å². The first-order chi connectivity index (χ1) is 13.1. The van der Waals surface area contributed by atoms with E-state index in [1.165, 1.54) is 5.56 Å². The summed E-state index contributed by atoms with van der Waals surface area (Å²) >= 11 is 0. The summed E-state index contributed by atoms with van der Waals surface area (Å²) in [5.41, 5.74) is 3.60. The highest BCUT2D eigenvalue weighted by Crippen LogP contribution is 2.27. The van der Waals surface area contributed by atoms with Gasteiger partial charge in [-0.05, 0) is 44.0 Å². The number of aromatic nitrogens is 6. The van der Waals surface area contributed by atoms with Crippen LogP contribution in [0, 0.1) is 6.92 Å². The van der Waals surface area contributed by atoms with Crippen molar-refractivity contribution in [3.63, 3.8) is 0 Å². The Bertz CT molecular complexity index is 1060. The molecule has 0 amide bonds. The van der Waals surface area contributed by atoms with E-state index in [1.807, 2.05) is 44.4 Å². The van der Waals surface area contributed by atoms with Gasteiger partial charge in [0.05, 0.1) is 11.1 Å². The lowest BCUT2D eigenvalue weighted by molar-refractivity contribution is 0.772. The molecule has 4 heterocycles. The predicted molar refractivity (Wildman–Crippen MR) is 105 cm³/mol. The quantitative estimate of drug-likeness (QED) is 0.589. The number of hydrogen-bond acceptors (Lipinski definition) is 6. The number of anilines is 1. The summed E-state index contributed by atoms with van der Waals surface area (Å²) in [5, 5.41) is 9.00. The van der Waals surface area contributed by atoms with Gasteiger partial charge in [-0.2, -0.15) is 5.10 Å². The first-order valence-corrected chi connectivity index (χ1v) is 8.90. The molecule has 136 valence electrons. The first kappa shape index (κ1) is 17.1. The van der Waals surface area contributed by atoms with E-state index in [0.29, 0.717) is 5.82 Å². The van der Waals surface area contributed by atoms with E-state index < -0.39 is 0 Å². The van der Waals surface area contributed by atoms with E-state index in [0.717, 1.165) is 34.7 Å². The van der Waals surface area contributed by atoms with Crippen LogP contribution in [-0.4, -0.2) is 35.8 Å². The molecule has 0 fully saturated rings. The molecule has 27 heavy (non-hydrogen) atoms. The molecular weight excluding hydrogens is 338 g/mol. The number of fused-ring (bicyclic) bond motifs is 1. The highest BCUT2D eigenvalue weighted by molar-refractivity contribution is 5.90. The minimum Gasteiger partial charge on any atom is -0.367 e. The third kappa shape index (κ3) is 3.48. The lowest BCUT2D eigenvalue weighted by atomic mass is 10.1. The minimum absolute atomic E-state index is 0.170. The van der Waals surface area contributed by atoms with Crippen LogP contribution in [-0.2, 0) is 13.5 Å². The Morgan fingerprint density at radius 1 is 1.11 bits per heavy atom. The molecule has 0 saturated heterocycles. The van der Waals surface area contributed by atoms with Gasteiger partial charge < -0.3 is 5.32 Å². The molecule has 0 aromatic carbocycles. The van der Waals surface area contributed by atoms with Crippen molar-refractivity contribution < 1.29 is 0 Å². The maximum atomic E-state index is 4.77. The summed E-state index contributed by atoms with van der Waals surface area (Å²) in [6, 6.07) is 9.93. The fraction of sp³-hybridized carbons (Fsp3) is 0.250. The van der Waals surface area contributed by atoms with Crippen molar-refractivity contribution in [3.8, 4) is 11.5 Å². The lowest BCUT2D eigenvalue weighted by Crippen LogP contribution is -2.19. The summed E-state index contributed by atoms with van der Waals surface area (Å²) < 4.78 is 1.79. The van der Waals surface area contributed by atoms with Gasteiger partial charge in [-0.1, -0.05) is 12.1 Å². The fourth-order valence-corrected chi connectivity index (χ4v) is 3.21. The topological polar surface area (TPSA) is 81.4 Å². The average Bonchev–Trinajstić information content (AvgIpc) is 2.97. The van der Waals surface area contributed by atoms with Crippen molar-refractivity contribution in [1.29, 1.82) is 0 Å². The number of hydrogen-bond donors (Lipinski definition) is 1. The van der Waals surface area contributed by atoms with Gasteiger partial charge in [-0.15, -0.1) is 0 Å². The van der Waals surface area contributed by atoms with Gasteiger partial charge in [0.25, 0.3) is 0 Å². The Morgan fingerprint density at radius 3 is 2.74 bits per heavy atom. The standard InChI is InChI=1S/C20H21N7/c1-13(11-15-7-6-9-21-12-15)23-19-17-14(2)26-27(3)20(17)25-18(24-19)16-8-4-5-10-22-16/h4-10,12-13H,11H2,1-3H3,(H,23,24,25)/t13-/m1/s1. The molecule has 1 N–H and O–H groups in total. The number of aryl methyl sites for hydroxylation is 2. The van der Waals surface area contributed by atoms with Crippen molar-refractivity contribution in [1.82, 2.24) is 29.7 Å². The molecular formula is C20H21N7. The molecule has 4 aromatic heterocycles. The molecule has 0 saturated carbocycles. The van der Waals surface area contributed by atoms with Crippen molar-refractivity contribution in [2.24, 2.45) is 7.05 Å². The third-order valence-electron chi connectivity index (χ3n) is 4.40. The second-order valence-corrected chi connectivity index (χ2v) is 6.63. The molecule has 0 radical (unpaired) electrons. The molecule has 4 rings (SSSR count). The Hall–Kier alpha value is -3.35. The van der Waals surface area contributed by atoms with Gasteiger partial charge in [0.2, 0.25) is 0 Å². The molecule has 4 aromatic rings. The van der Waals surface area contributed by atoms with Crippen LogP contribution >= 0.6 is 0 Å². The first-order valence-electron chi connectivity index (χ1n) is 8.90. The molecule has 0 unspecified atom stereocenters. The zero-order valence-corrected chi connectivity index (χ0v) is 15.6. The number of nitrogens with one attached hydrogen (secondary N) is 1. The van der Waals surface area contributed by atoms with Gasteiger partial charge in [-0.3, -0.25) is 14.6 Å². The largest absolute Gasteiger partial charge is 0.367 e. The molecule has 0 aliphatic heterocycles. The van der Waals surface area contributed by atoms with Crippen LogP contribution < -0.4 is 5.32 Å². The number of rotatable bonds is 5. The van der Waals surface area contributed by atoms with Gasteiger partial charge in [0.15, 0.2) is 11.5 Å². The highest BCUT2D eigenvalue weighted by Gasteiger charge is 2.18. The molecule has 0 aliphatic carbocycles. The van der Waals surface area contributed by atoms with Crippen molar-refractivity contribution in [2.45, 2.75) is 26.3 Å². The van der Waals surface area contributed by atoms with E-state index in [9.17, 15) is 0 Å². The summed E-state index contributed by atoms with van der Waals surface area (Å²) in [7, 11) is 1.90. The van der Waals surface area contributed by atoms with E-state index in [4.69, 9.17) is 9.97 Å². The molecule has 0 aliphatic rings. The summed E-state index contributed by atoms with van der Waals surface area (Å²) in [6.07, 6.45) is 6.27. The normalized spacial score (nSPS) is 12.3. The summed E-state index contributed by atoms with van der Waals surface area (Å²) in [6.45, 7) is 4.11. The Balaban J connectivity index is 1.74. The van der Waals surface area contributed by atoms with Crippen LogP contribution in [0.4, 0.5) is 5.82 Å². The summed E-state index contributed by atoms with van der Waals surface area (Å²) in [4.78, 5) is 18.0. The van der Waals surface area contributed by atoms with Crippen molar-refractivity contribution in [3.05, 3.63) is 60.2 Å². The maximum absolute atomic E-state index is 4.77. The van der Waals surface area contributed by atoms with E-state index in [1.54, 1.807) is 17.1 Å². The van der Waals surface area contributed by atoms with Crippen LogP contribution in [0.15, 0.2) is 48.9 Å². The zero-order chi connectivity index (χ0) is 18.8. The van der Waals surface area contributed by atoms with Crippen LogP contribution in [0.1, 0.15) is 18.2 Å². The van der Waals surface area contributed by atoms with E-state index in [2.05, 4.69) is 33.4 Å². The monoisotopic (exact) mass is 359 g/mol. The molecule has 7 heteroatoms. The maximum Gasteiger partial charge on any atom is 0.182 e. The Kier molecular flexibility index (Phi) is 4.50. The second kappa shape index (κ2) is 7.11. The second-order valence-electron chi connectivity index (χ2n) is 6.63. The number of pyridine rings is 2. The average molecular weight is 359 g/mol. The molecule has 0 bridgehead atoms. The van der Waals surface area contributed by atoms with Crippen LogP contribution in [0.3, 0.4) is 0 Å². The van der Waals surface area contributed by atoms with Crippen molar-refractivity contribution >= 4 is 16.9 Å². The Labute approximate surface area is 157 Å². The third-order valence-corrected chi connectivity index (χ3v) is 4.40. The summed E-state index contributed by atoms with van der Waals surface area (Å²) in [5.74, 6) is 1.37. The van der Waals surface area contributed by atoms with E-state index >= 15 is 0 Å². The number of nitrogens with zero attached hydrogens (tertiary/aromatic N) is 6. The minimum atomic E-state index is 0.170.